The third kappa shape index (κ3) is 4.13. The van der Waals surface area contributed by atoms with Gasteiger partial charge in [0.05, 0.1) is 0 Å². The van der Waals surface area contributed by atoms with Crippen LogP contribution in [-0.4, -0.2) is 23.2 Å². The van der Waals surface area contributed by atoms with E-state index in [0.717, 1.165) is 10.9 Å². The van der Waals surface area contributed by atoms with Crippen LogP contribution in [0.4, 0.5) is 0 Å². The Morgan fingerprint density at radius 1 is 1.53 bits per heavy atom. The Morgan fingerprint density at radius 3 is 2.76 bits per heavy atom. The molecule has 17 heavy (non-hydrogen) atoms. The molecule has 0 aromatic heterocycles. The first-order valence-electron chi connectivity index (χ1n) is 5.69. The predicted octanol–water partition coefficient (Wildman–Crippen LogP) is 2.73. The van der Waals surface area contributed by atoms with E-state index in [1.165, 1.54) is 0 Å². The standard InChI is InChI=1S/C13H18BrNO2/c1-3-13(2,7-8-16)15-12(17)10-5-4-6-11(14)9-10/h4-6,9,16H,3,7-8H2,1-2H3,(H,15,17). The van der Waals surface area contributed by atoms with Crippen LogP contribution in [0.3, 0.4) is 0 Å². The number of carbonyl (C=O) groups is 1. The van der Waals surface area contributed by atoms with E-state index in [4.69, 9.17) is 5.11 Å². The van der Waals surface area contributed by atoms with Gasteiger partial charge in [0.2, 0.25) is 0 Å². The van der Waals surface area contributed by atoms with Crippen molar-refractivity contribution in [2.45, 2.75) is 32.2 Å². The normalized spacial score (nSPS) is 14.1. The molecule has 1 atom stereocenters. The number of carbonyl (C=O) groups excluding carboxylic acids is 1. The second kappa shape index (κ2) is 6.17. The summed E-state index contributed by atoms with van der Waals surface area (Å²) in [7, 11) is 0. The number of nitrogens with one attached hydrogen (secondary N) is 1. The van der Waals surface area contributed by atoms with Crippen molar-refractivity contribution in [2.24, 2.45) is 0 Å². The fourth-order valence-corrected chi connectivity index (χ4v) is 1.95. The Kier molecular flexibility index (Phi) is 5.15. The van der Waals surface area contributed by atoms with Crippen LogP contribution in [0, 0.1) is 0 Å². The van der Waals surface area contributed by atoms with E-state index in [-0.39, 0.29) is 18.1 Å². The molecule has 2 N–H and O–H groups in total. The van der Waals surface area contributed by atoms with Crippen molar-refractivity contribution in [1.29, 1.82) is 0 Å². The molecule has 3 nitrogen and oxygen atoms in total. The number of hydrogen-bond donors (Lipinski definition) is 2. The van der Waals surface area contributed by atoms with Crippen molar-refractivity contribution in [3.63, 3.8) is 0 Å². The van der Waals surface area contributed by atoms with Gasteiger partial charge in [0.25, 0.3) is 5.91 Å². The molecule has 0 bridgehead atoms. The van der Waals surface area contributed by atoms with Crippen molar-refractivity contribution in [1.82, 2.24) is 5.32 Å². The molecule has 1 amide bonds. The summed E-state index contributed by atoms with van der Waals surface area (Å²) in [5.41, 5.74) is 0.269. The largest absolute Gasteiger partial charge is 0.396 e. The Bertz CT molecular complexity index is 395. The van der Waals surface area contributed by atoms with Gasteiger partial charge in [-0.1, -0.05) is 28.9 Å². The van der Waals surface area contributed by atoms with Crippen LogP contribution in [0.5, 0.6) is 0 Å². The van der Waals surface area contributed by atoms with Crippen molar-refractivity contribution in [3.05, 3.63) is 34.3 Å². The number of rotatable bonds is 5. The molecule has 0 saturated heterocycles. The number of hydrogen-bond acceptors (Lipinski definition) is 2. The van der Waals surface area contributed by atoms with Crippen LogP contribution in [0.2, 0.25) is 0 Å². The average Bonchev–Trinajstić information content (AvgIpc) is 2.29. The molecule has 1 aromatic carbocycles. The fourth-order valence-electron chi connectivity index (χ4n) is 1.55. The molecule has 94 valence electrons. The molecule has 4 heteroatoms. The molecule has 0 aliphatic carbocycles. The van der Waals surface area contributed by atoms with Crippen LogP contribution in [0.15, 0.2) is 28.7 Å². The maximum Gasteiger partial charge on any atom is 0.251 e. The third-order valence-electron chi connectivity index (χ3n) is 2.95. The lowest BCUT2D eigenvalue weighted by atomic mass is 9.94. The van der Waals surface area contributed by atoms with Gasteiger partial charge >= 0.3 is 0 Å². The molecule has 0 aliphatic heterocycles. The maximum absolute atomic E-state index is 12.0. The summed E-state index contributed by atoms with van der Waals surface area (Å²) in [5.74, 6) is -0.107. The lowest BCUT2D eigenvalue weighted by Gasteiger charge is -2.29. The van der Waals surface area contributed by atoms with Gasteiger partial charge < -0.3 is 10.4 Å². The fraction of sp³-hybridized carbons (Fsp3) is 0.462. The summed E-state index contributed by atoms with van der Waals surface area (Å²) < 4.78 is 0.880. The van der Waals surface area contributed by atoms with E-state index in [0.29, 0.717) is 12.0 Å². The van der Waals surface area contributed by atoms with E-state index in [2.05, 4.69) is 21.2 Å². The highest BCUT2D eigenvalue weighted by Crippen LogP contribution is 2.16. The number of aliphatic hydroxyl groups is 1. The zero-order valence-electron chi connectivity index (χ0n) is 10.2. The highest BCUT2D eigenvalue weighted by molar-refractivity contribution is 9.10. The Morgan fingerprint density at radius 2 is 2.24 bits per heavy atom. The highest BCUT2D eigenvalue weighted by Gasteiger charge is 2.24. The Labute approximate surface area is 110 Å². The second-order valence-corrected chi connectivity index (χ2v) is 5.27. The minimum Gasteiger partial charge on any atom is -0.396 e. The topological polar surface area (TPSA) is 49.3 Å². The number of benzene rings is 1. The van der Waals surface area contributed by atoms with Crippen LogP contribution in [0.1, 0.15) is 37.0 Å². The molecular weight excluding hydrogens is 282 g/mol. The Hall–Kier alpha value is -0.870. The van der Waals surface area contributed by atoms with Gasteiger partial charge in [-0.2, -0.15) is 0 Å². The third-order valence-corrected chi connectivity index (χ3v) is 3.44. The first kappa shape index (κ1) is 14.2. The van der Waals surface area contributed by atoms with Crippen molar-refractivity contribution in [2.75, 3.05) is 6.61 Å². The minimum atomic E-state index is -0.353. The Balaban J connectivity index is 2.77. The van der Waals surface area contributed by atoms with E-state index in [1.54, 1.807) is 12.1 Å². The molecule has 0 aliphatic rings. The van der Waals surface area contributed by atoms with Gasteiger partial charge in [0.1, 0.15) is 0 Å². The highest BCUT2D eigenvalue weighted by atomic mass is 79.9. The molecule has 0 spiro atoms. The van der Waals surface area contributed by atoms with Gasteiger partial charge in [-0.05, 0) is 38.0 Å². The summed E-state index contributed by atoms with van der Waals surface area (Å²) in [6, 6.07) is 7.26. The van der Waals surface area contributed by atoms with Crippen LogP contribution in [-0.2, 0) is 0 Å². The summed E-state index contributed by atoms with van der Waals surface area (Å²) in [4.78, 5) is 12.0. The van der Waals surface area contributed by atoms with Crippen molar-refractivity contribution >= 4 is 21.8 Å². The summed E-state index contributed by atoms with van der Waals surface area (Å²) in [5, 5.41) is 12.0. The van der Waals surface area contributed by atoms with Crippen molar-refractivity contribution < 1.29 is 9.90 Å². The first-order valence-corrected chi connectivity index (χ1v) is 6.49. The van der Waals surface area contributed by atoms with E-state index >= 15 is 0 Å². The summed E-state index contributed by atoms with van der Waals surface area (Å²) >= 11 is 3.34. The summed E-state index contributed by atoms with van der Waals surface area (Å²) in [6.07, 6.45) is 1.34. The smallest absolute Gasteiger partial charge is 0.251 e. The number of halogens is 1. The van der Waals surface area contributed by atoms with Gasteiger partial charge in [-0.25, -0.2) is 0 Å². The average molecular weight is 300 g/mol. The zero-order valence-corrected chi connectivity index (χ0v) is 11.8. The lowest BCUT2D eigenvalue weighted by molar-refractivity contribution is 0.0886. The monoisotopic (exact) mass is 299 g/mol. The van der Waals surface area contributed by atoms with Gasteiger partial charge in [0.15, 0.2) is 0 Å². The van der Waals surface area contributed by atoms with Crippen LogP contribution >= 0.6 is 15.9 Å². The predicted molar refractivity (Wildman–Crippen MR) is 72.0 cm³/mol. The zero-order chi connectivity index (χ0) is 12.9. The molecule has 0 radical (unpaired) electrons. The van der Waals surface area contributed by atoms with Crippen LogP contribution < -0.4 is 5.32 Å². The number of amides is 1. The molecule has 0 fully saturated rings. The molecule has 0 saturated carbocycles. The number of aliphatic hydroxyl groups excluding tert-OH is 1. The second-order valence-electron chi connectivity index (χ2n) is 4.35. The molecular formula is C13H18BrNO2. The van der Waals surface area contributed by atoms with Gasteiger partial charge in [0, 0.05) is 22.2 Å². The van der Waals surface area contributed by atoms with Gasteiger partial charge in [-0.15, -0.1) is 0 Å². The molecule has 1 unspecified atom stereocenters. The quantitative estimate of drug-likeness (QED) is 0.878. The molecule has 0 heterocycles. The van der Waals surface area contributed by atoms with E-state index in [1.807, 2.05) is 26.0 Å². The van der Waals surface area contributed by atoms with E-state index < -0.39 is 0 Å². The van der Waals surface area contributed by atoms with Gasteiger partial charge in [-0.3, -0.25) is 4.79 Å². The molecule has 1 rings (SSSR count). The minimum absolute atomic E-state index is 0.0725. The van der Waals surface area contributed by atoms with Crippen LogP contribution in [0.25, 0.3) is 0 Å². The lowest BCUT2D eigenvalue weighted by Crippen LogP contribution is -2.46. The first-order chi connectivity index (χ1) is 8.00. The maximum atomic E-state index is 12.0. The van der Waals surface area contributed by atoms with E-state index in [9.17, 15) is 4.79 Å². The molecule has 1 aromatic rings. The summed E-state index contributed by atoms with van der Waals surface area (Å²) in [6.45, 7) is 4.01. The SMILES string of the molecule is CCC(C)(CCO)NC(=O)c1cccc(Br)c1. The van der Waals surface area contributed by atoms with Crippen molar-refractivity contribution in [3.8, 4) is 0 Å².